The van der Waals surface area contributed by atoms with Crippen molar-refractivity contribution >= 4 is 0 Å². The van der Waals surface area contributed by atoms with Crippen molar-refractivity contribution in [2.45, 2.75) is 65.5 Å². The summed E-state index contributed by atoms with van der Waals surface area (Å²) in [6.45, 7) is 9.83. The maximum absolute atomic E-state index is 6.12. The minimum atomic E-state index is 0.342. The number of hydrogen-bond acceptors (Lipinski definition) is 2. The number of benzene rings is 1. The predicted octanol–water partition coefficient (Wildman–Crippen LogP) is 4.20. The molecule has 1 aliphatic rings. The molecule has 0 aromatic heterocycles. The van der Waals surface area contributed by atoms with Crippen LogP contribution in [0, 0.1) is 19.3 Å². The fourth-order valence-corrected chi connectivity index (χ4v) is 3.79. The topological polar surface area (TPSA) is 29.3 Å². The summed E-state index contributed by atoms with van der Waals surface area (Å²) in [5, 5.41) is 0. The first-order valence-electron chi connectivity index (χ1n) is 8.32. The van der Waals surface area contributed by atoms with E-state index in [1.54, 1.807) is 0 Å². The average Bonchev–Trinajstić information content (AvgIpc) is 2.38. The van der Waals surface area contributed by atoms with Gasteiger partial charge in [-0.2, -0.15) is 0 Å². The first-order chi connectivity index (χ1) is 9.82. The van der Waals surface area contributed by atoms with Crippen LogP contribution in [0.1, 0.15) is 62.3 Å². The van der Waals surface area contributed by atoms with Crippen LogP contribution in [0.5, 0.6) is 0 Å². The molecule has 21 heavy (non-hydrogen) atoms. The molecule has 118 valence electrons. The Morgan fingerprint density at radius 2 is 1.67 bits per heavy atom. The maximum Gasteiger partial charge on any atom is 0.0470 e. The molecule has 1 saturated carbocycles. The van der Waals surface area contributed by atoms with Gasteiger partial charge in [-0.05, 0) is 57.6 Å². The Labute approximate surface area is 130 Å². The zero-order valence-corrected chi connectivity index (χ0v) is 14.4. The van der Waals surface area contributed by atoms with Crippen molar-refractivity contribution in [1.82, 2.24) is 4.90 Å². The lowest BCUT2D eigenvalue weighted by atomic mass is 9.75. The highest BCUT2D eigenvalue weighted by Crippen LogP contribution is 2.38. The molecule has 0 bridgehead atoms. The minimum absolute atomic E-state index is 0.342. The molecular weight excluding hydrogens is 256 g/mol. The largest absolute Gasteiger partial charge is 0.329 e. The predicted molar refractivity (Wildman–Crippen MR) is 91.5 cm³/mol. The smallest absolute Gasteiger partial charge is 0.0470 e. The molecule has 0 saturated heterocycles. The fourth-order valence-electron chi connectivity index (χ4n) is 3.79. The number of aryl methyl sites for hydroxylation is 2. The summed E-state index contributed by atoms with van der Waals surface area (Å²) in [4.78, 5) is 2.53. The number of likely N-dealkylation sites (N-methyl/N-ethyl adjacent to an activating group) is 1. The Balaban J connectivity index is 2.13. The molecule has 2 rings (SSSR count). The van der Waals surface area contributed by atoms with Crippen LogP contribution in [0.15, 0.2) is 18.2 Å². The quantitative estimate of drug-likeness (QED) is 0.899. The van der Waals surface area contributed by atoms with E-state index in [-0.39, 0.29) is 0 Å². The molecule has 1 aromatic rings. The summed E-state index contributed by atoms with van der Waals surface area (Å²) in [6.07, 6.45) is 5.24. The zero-order chi connectivity index (χ0) is 15.6. The van der Waals surface area contributed by atoms with E-state index in [4.69, 9.17) is 5.73 Å². The van der Waals surface area contributed by atoms with Gasteiger partial charge in [0.15, 0.2) is 0 Å². The van der Waals surface area contributed by atoms with Crippen molar-refractivity contribution in [3.63, 3.8) is 0 Å². The van der Waals surface area contributed by atoms with E-state index in [1.807, 2.05) is 0 Å². The highest BCUT2D eigenvalue weighted by atomic mass is 15.2. The van der Waals surface area contributed by atoms with Crippen molar-refractivity contribution in [2.75, 3.05) is 13.6 Å². The molecule has 1 aromatic carbocycles. The Kier molecular flexibility index (Phi) is 5.11. The van der Waals surface area contributed by atoms with Gasteiger partial charge in [0.05, 0.1) is 0 Å². The Hall–Kier alpha value is -0.860. The van der Waals surface area contributed by atoms with Crippen LogP contribution >= 0.6 is 0 Å². The van der Waals surface area contributed by atoms with Crippen molar-refractivity contribution in [3.8, 4) is 0 Å². The van der Waals surface area contributed by atoms with Crippen molar-refractivity contribution in [1.29, 1.82) is 0 Å². The molecule has 2 heteroatoms. The third-order valence-electron chi connectivity index (χ3n) is 5.23. The first-order valence-corrected chi connectivity index (χ1v) is 8.32. The third kappa shape index (κ3) is 4.08. The van der Waals surface area contributed by atoms with Crippen molar-refractivity contribution in [2.24, 2.45) is 11.1 Å². The normalized spacial score (nSPS) is 20.7. The summed E-state index contributed by atoms with van der Waals surface area (Å²) in [5.41, 5.74) is 10.7. The highest BCUT2D eigenvalue weighted by molar-refractivity contribution is 5.31. The van der Waals surface area contributed by atoms with Crippen LogP contribution < -0.4 is 5.73 Å². The molecule has 0 heterocycles. The SMILES string of the molecule is Cc1cc(C)cc(C(CN)N(C)C2CCC(C)(C)CC2)c1. The molecule has 0 aliphatic heterocycles. The molecular formula is C19H32N2. The van der Waals surface area contributed by atoms with Crippen LogP contribution in [-0.4, -0.2) is 24.5 Å². The number of nitrogens with two attached hydrogens (primary N) is 1. The van der Waals surface area contributed by atoms with E-state index in [9.17, 15) is 0 Å². The lowest BCUT2D eigenvalue weighted by Gasteiger charge is -2.41. The van der Waals surface area contributed by atoms with Crippen LogP contribution in [0.3, 0.4) is 0 Å². The molecule has 1 fully saturated rings. The second kappa shape index (κ2) is 6.50. The summed E-state index contributed by atoms with van der Waals surface area (Å²) >= 11 is 0. The molecule has 1 atom stereocenters. The van der Waals surface area contributed by atoms with Gasteiger partial charge in [0.1, 0.15) is 0 Å². The first kappa shape index (κ1) is 16.5. The molecule has 0 spiro atoms. The van der Waals surface area contributed by atoms with Crippen molar-refractivity contribution in [3.05, 3.63) is 34.9 Å². The van der Waals surface area contributed by atoms with Crippen molar-refractivity contribution < 1.29 is 0 Å². The van der Waals surface area contributed by atoms with Crippen LogP contribution in [0.4, 0.5) is 0 Å². The van der Waals surface area contributed by atoms with Crippen LogP contribution in [0.2, 0.25) is 0 Å². The van der Waals surface area contributed by atoms with Gasteiger partial charge in [-0.15, -0.1) is 0 Å². The van der Waals surface area contributed by atoms with Crippen LogP contribution in [0.25, 0.3) is 0 Å². The maximum atomic E-state index is 6.12. The Bertz CT molecular complexity index is 448. The van der Waals surface area contributed by atoms with Gasteiger partial charge in [0, 0.05) is 18.6 Å². The van der Waals surface area contributed by atoms with Gasteiger partial charge in [0.25, 0.3) is 0 Å². The summed E-state index contributed by atoms with van der Waals surface area (Å²) in [6, 6.07) is 7.85. The summed E-state index contributed by atoms with van der Waals surface area (Å²) in [5.74, 6) is 0. The summed E-state index contributed by atoms with van der Waals surface area (Å²) < 4.78 is 0. The van der Waals surface area contributed by atoms with Gasteiger partial charge in [0.2, 0.25) is 0 Å². The number of hydrogen-bond donors (Lipinski definition) is 1. The zero-order valence-electron chi connectivity index (χ0n) is 14.4. The van der Waals surface area contributed by atoms with Gasteiger partial charge < -0.3 is 5.73 Å². The number of nitrogens with zero attached hydrogens (tertiary/aromatic N) is 1. The highest BCUT2D eigenvalue weighted by Gasteiger charge is 2.31. The third-order valence-corrected chi connectivity index (χ3v) is 5.23. The van der Waals surface area contributed by atoms with E-state index in [0.717, 1.165) is 0 Å². The molecule has 2 N–H and O–H groups in total. The standard InChI is InChI=1S/C19H32N2/c1-14-10-15(2)12-16(11-14)18(13-20)21(5)17-6-8-19(3,4)9-7-17/h10-12,17-18H,6-9,13,20H2,1-5H3. The monoisotopic (exact) mass is 288 g/mol. The molecule has 0 amide bonds. The van der Waals surface area contributed by atoms with Crippen LogP contribution in [-0.2, 0) is 0 Å². The lowest BCUT2D eigenvalue weighted by Crippen LogP contribution is -2.41. The Morgan fingerprint density at radius 1 is 1.14 bits per heavy atom. The van der Waals surface area contributed by atoms with E-state index in [2.05, 4.69) is 57.8 Å². The fraction of sp³-hybridized carbons (Fsp3) is 0.684. The van der Waals surface area contributed by atoms with Gasteiger partial charge in [-0.1, -0.05) is 43.2 Å². The lowest BCUT2D eigenvalue weighted by molar-refractivity contribution is 0.0966. The molecule has 1 unspecified atom stereocenters. The van der Waals surface area contributed by atoms with E-state index >= 15 is 0 Å². The Morgan fingerprint density at radius 3 is 2.14 bits per heavy atom. The second-order valence-electron chi connectivity index (χ2n) is 7.73. The second-order valence-corrected chi connectivity index (χ2v) is 7.73. The van der Waals surface area contributed by atoms with E-state index in [0.29, 0.717) is 24.0 Å². The molecule has 2 nitrogen and oxygen atoms in total. The average molecular weight is 288 g/mol. The minimum Gasteiger partial charge on any atom is -0.329 e. The van der Waals surface area contributed by atoms with E-state index < -0.39 is 0 Å². The summed E-state index contributed by atoms with van der Waals surface area (Å²) in [7, 11) is 2.26. The molecule has 0 radical (unpaired) electrons. The molecule has 1 aliphatic carbocycles. The number of rotatable bonds is 4. The van der Waals surface area contributed by atoms with Gasteiger partial charge >= 0.3 is 0 Å². The van der Waals surface area contributed by atoms with E-state index in [1.165, 1.54) is 42.4 Å². The van der Waals surface area contributed by atoms with Gasteiger partial charge in [-0.25, -0.2) is 0 Å². The van der Waals surface area contributed by atoms with Gasteiger partial charge in [-0.3, -0.25) is 4.90 Å².